The first-order valence-electron chi connectivity index (χ1n) is 5.14. The molecule has 0 atom stereocenters. The molecule has 0 fully saturated rings. The molecule has 2 N–H and O–H groups in total. The number of sulfonamides is 1. The van der Waals surface area contributed by atoms with Gasteiger partial charge in [0.1, 0.15) is 0 Å². The van der Waals surface area contributed by atoms with Gasteiger partial charge in [-0.15, -0.1) is 0 Å². The first-order valence-corrected chi connectivity index (χ1v) is 6.69. The maximum atomic E-state index is 11.9. The van der Waals surface area contributed by atoms with Crippen LogP contribution in [0.25, 0.3) is 0 Å². The van der Waals surface area contributed by atoms with Gasteiger partial charge in [0.25, 0.3) is 5.91 Å². The molecule has 0 aliphatic carbocycles. The number of hydrogen-bond donors (Lipinski definition) is 1. The Morgan fingerprint density at radius 2 is 1.94 bits per heavy atom. The van der Waals surface area contributed by atoms with Crippen molar-refractivity contribution in [3.63, 3.8) is 0 Å². The molecule has 6 heteroatoms. The van der Waals surface area contributed by atoms with Crippen LogP contribution in [0.15, 0.2) is 23.1 Å². The maximum absolute atomic E-state index is 11.9. The summed E-state index contributed by atoms with van der Waals surface area (Å²) in [6, 6.07) is 4.37. The molecule has 1 aromatic carbocycles. The normalized spacial score (nSPS) is 11.3. The predicted octanol–water partition coefficient (Wildman–Crippen LogP) is 0.598. The molecule has 0 spiro atoms. The molecule has 1 amide bonds. The van der Waals surface area contributed by atoms with E-state index < -0.39 is 10.0 Å². The van der Waals surface area contributed by atoms with Crippen molar-refractivity contribution in [2.24, 2.45) is 5.14 Å². The number of hydrogen-bond acceptors (Lipinski definition) is 3. The van der Waals surface area contributed by atoms with Crippen LogP contribution in [-0.2, 0) is 16.4 Å². The van der Waals surface area contributed by atoms with Crippen molar-refractivity contribution in [3.8, 4) is 0 Å². The van der Waals surface area contributed by atoms with Gasteiger partial charge in [-0.3, -0.25) is 4.79 Å². The van der Waals surface area contributed by atoms with Gasteiger partial charge in [-0.1, -0.05) is 13.0 Å². The Morgan fingerprint density at radius 3 is 2.35 bits per heavy atom. The van der Waals surface area contributed by atoms with Gasteiger partial charge < -0.3 is 4.90 Å². The molecule has 0 unspecified atom stereocenters. The van der Waals surface area contributed by atoms with Crippen molar-refractivity contribution in [1.82, 2.24) is 4.90 Å². The molecule has 94 valence electrons. The lowest BCUT2D eigenvalue weighted by Crippen LogP contribution is -2.24. The van der Waals surface area contributed by atoms with Crippen LogP contribution in [0.1, 0.15) is 22.8 Å². The molecule has 0 aliphatic rings. The van der Waals surface area contributed by atoms with Crippen LogP contribution in [0.5, 0.6) is 0 Å². The highest BCUT2D eigenvalue weighted by Crippen LogP contribution is 2.17. The summed E-state index contributed by atoms with van der Waals surface area (Å²) in [7, 11) is -0.547. The van der Waals surface area contributed by atoms with Gasteiger partial charge >= 0.3 is 0 Å². The number of carbonyl (C=O) groups excluding carboxylic acids is 1. The summed E-state index contributed by atoms with van der Waals surface area (Å²) in [5.41, 5.74) is 1.18. The molecular formula is C11H16N2O3S. The van der Waals surface area contributed by atoms with Crippen molar-refractivity contribution < 1.29 is 13.2 Å². The average molecular weight is 256 g/mol. The lowest BCUT2D eigenvalue weighted by Gasteiger charge is -2.14. The third-order valence-corrected chi connectivity index (χ3v) is 3.34. The fourth-order valence-corrected chi connectivity index (χ4v) is 2.02. The quantitative estimate of drug-likeness (QED) is 0.859. The first kappa shape index (κ1) is 13.7. The Morgan fingerprint density at radius 1 is 1.35 bits per heavy atom. The Bertz CT molecular complexity index is 536. The van der Waals surface area contributed by atoms with Gasteiger partial charge in [0.15, 0.2) is 0 Å². The number of primary sulfonamides is 1. The zero-order chi connectivity index (χ0) is 13.2. The van der Waals surface area contributed by atoms with Gasteiger partial charge in [0.2, 0.25) is 10.0 Å². The van der Waals surface area contributed by atoms with Gasteiger partial charge in [-0.2, -0.15) is 0 Å². The molecule has 5 nitrogen and oxygen atoms in total. The van der Waals surface area contributed by atoms with Crippen molar-refractivity contribution in [2.75, 3.05) is 14.1 Å². The second kappa shape index (κ2) is 4.85. The monoisotopic (exact) mass is 256 g/mol. The molecule has 0 bridgehead atoms. The van der Waals surface area contributed by atoms with Gasteiger partial charge in [0.05, 0.1) is 4.90 Å². The van der Waals surface area contributed by atoms with Crippen LogP contribution in [0.4, 0.5) is 0 Å². The highest BCUT2D eigenvalue weighted by molar-refractivity contribution is 7.89. The second-order valence-corrected chi connectivity index (χ2v) is 5.48. The average Bonchev–Trinajstić information content (AvgIpc) is 2.25. The van der Waals surface area contributed by atoms with E-state index >= 15 is 0 Å². The topological polar surface area (TPSA) is 80.5 Å². The summed E-state index contributed by atoms with van der Waals surface area (Å²) in [6.07, 6.45) is 0.653. The van der Waals surface area contributed by atoms with E-state index in [-0.39, 0.29) is 10.8 Å². The molecule has 1 rings (SSSR count). The standard InChI is InChI=1S/C11H16N2O3S/c1-4-8-5-6-9(17(12,15)16)7-10(8)11(14)13(2)3/h5-7H,4H2,1-3H3,(H2,12,15,16). The second-order valence-electron chi connectivity index (χ2n) is 3.92. The smallest absolute Gasteiger partial charge is 0.253 e. The minimum absolute atomic E-state index is 0.0418. The number of nitrogens with zero attached hydrogens (tertiary/aromatic N) is 1. The first-order chi connectivity index (χ1) is 7.77. The fraction of sp³-hybridized carbons (Fsp3) is 0.364. The maximum Gasteiger partial charge on any atom is 0.253 e. The largest absolute Gasteiger partial charge is 0.345 e. The Kier molecular flexibility index (Phi) is 3.90. The highest BCUT2D eigenvalue weighted by atomic mass is 32.2. The van der Waals surface area contributed by atoms with Gasteiger partial charge in [0, 0.05) is 19.7 Å². The molecule has 0 radical (unpaired) electrons. The molecule has 0 aromatic heterocycles. The molecule has 0 saturated carbocycles. The van der Waals surface area contributed by atoms with E-state index in [1.54, 1.807) is 20.2 Å². The molecule has 0 saturated heterocycles. The van der Waals surface area contributed by atoms with Crippen LogP contribution in [0.3, 0.4) is 0 Å². The summed E-state index contributed by atoms with van der Waals surface area (Å²) >= 11 is 0. The van der Waals surface area contributed by atoms with E-state index in [9.17, 15) is 13.2 Å². The zero-order valence-corrected chi connectivity index (χ0v) is 10.9. The van der Waals surface area contributed by atoms with Crippen LogP contribution in [0, 0.1) is 0 Å². The number of carbonyl (C=O) groups is 1. The number of aryl methyl sites for hydroxylation is 1. The summed E-state index contributed by atoms with van der Waals surface area (Å²) in [5, 5.41) is 5.04. The van der Waals surface area contributed by atoms with E-state index in [1.807, 2.05) is 6.92 Å². The van der Waals surface area contributed by atoms with Crippen LogP contribution < -0.4 is 5.14 Å². The summed E-state index contributed by atoms with van der Waals surface area (Å²) in [5.74, 6) is -0.229. The lowest BCUT2D eigenvalue weighted by atomic mass is 10.0. The van der Waals surface area contributed by atoms with E-state index in [0.717, 1.165) is 5.56 Å². The summed E-state index contributed by atoms with van der Waals surface area (Å²) in [6.45, 7) is 1.90. The fourth-order valence-electron chi connectivity index (χ4n) is 1.48. The third kappa shape index (κ3) is 3.04. The van der Waals surface area contributed by atoms with E-state index in [1.165, 1.54) is 17.0 Å². The summed E-state index contributed by atoms with van der Waals surface area (Å²) in [4.78, 5) is 13.3. The van der Waals surface area contributed by atoms with E-state index in [4.69, 9.17) is 5.14 Å². The molecule has 0 aliphatic heterocycles. The number of rotatable bonds is 3. The predicted molar refractivity (Wildman–Crippen MR) is 65.2 cm³/mol. The van der Waals surface area contributed by atoms with E-state index in [2.05, 4.69) is 0 Å². The number of amides is 1. The Labute approximate surface area is 101 Å². The van der Waals surface area contributed by atoms with E-state index in [0.29, 0.717) is 12.0 Å². The zero-order valence-electron chi connectivity index (χ0n) is 10.1. The minimum atomic E-state index is -3.78. The Hall–Kier alpha value is -1.40. The highest BCUT2D eigenvalue weighted by Gasteiger charge is 2.16. The third-order valence-electron chi connectivity index (χ3n) is 2.43. The van der Waals surface area contributed by atoms with Crippen LogP contribution in [0.2, 0.25) is 0 Å². The summed E-state index contributed by atoms with van der Waals surface area (Å²) < 4.78 is 22.5. The number of nitrogens with two attached hydrogens (primary N) is 1. The lowest BCUT2D eigenvalue weighted by molar-refractivity contribution is 0.0826. The van der Waals surface area contributed by atoms with Crippen molar-refractivity contribution in [1.29, 1.82) is 0 Å². The van der Waals surface area contributed by atoms with Gasteiger partial charge in [-0.05, 0) is 24.1 Å². The SMILES string of the molecule is CCc1ccc(S(N)(=O)=O)cc1C(=O)N(C)C. The number of benzene rings is 1. The molecule has 17 heavy (non-hydrogen) atoms. The van der Waals surface area contributed by atoms with Crippen molar-refractivity contribution in [2.45, 2.75) is 18.2 Å². The van der Waals surface area contributed by atoms with Crippen LogP contribution >= 0.6 is 0 Å². The Balaban J connectivity index is 3.40. The van der Waals surface area contributed by atoms with Crippen molar-refractivity contribution >= 4 is 15.9 Å². The molecular weight excluding hydrogens is 240 g/mol. The molecule has 0 heterocycles. The van der Waals surface area contributed by atoms with Gasteiger partial charge in [-0.25, -0.2) is 13.6 Å². The van der Waals surface area contributed by atoms with Crippen LogP contribution in [-0.4, -0.2) is 33.3 Å². The molecule has 1 aromatic rings. The minimum Gasteiger partial charge on any atom is -0.345 e. The van der Waals surface area contributed by atoms with Crippen molar-refractivity contribution in [3.05, 3.63) is 29.3 Å².